The Labute approximate surface area is 145 Å². The molecular formula is C14H17BrClO3PSe. The molecule has 0 atom stereocenters. The number of alkyl halides is 1. The van der Waals surface area contributed by atoms with Gasteiger partial charge in [-0.1, -0.05) is 0 Å². The zero-order chi connectivity index (χ0) is 15.5. The van der Waals surface area contributed by atoms with Gasteiger partial charge in [-0.25, -0.2) is 0 Å². The molecule has 116 valence electrons. The van der Waals surface area contributed by atoms with Crippen molar-refractivity contribution in [2.75, 3.05) is 19.1 Å². The van der Waals surface area contributed by atoms with Gasteiger partial charge in [-0.3, -0.25) is 0 Å². The molecule has 0 unspecified atom stereocenters. The van der Waals surface area contributed by atoms with Gasteiger partial charge in [0, 0.05) is 0 Å². The molecule has 1 aromatic carbocycles. The first kappa shape index (κ1) is 17.7. The van der Waals surface area contributed by atoms with Crippen molar-refractivity contribution >= 4 is 54.5 Å². The van der Waals surface area contributed by atoms with E-state index in [1.165, 1.54) is 4.46 Å². The van der Waals surface area contributed by atoms with Gasteiger partial charge < -0.3 is 0 Å². The monoisotopic (exact) mass is 458 g/mol. The first-order valence-corrected chi connectivity index (χ1v) is 11.1. The van der Waals surface area contributed by atoms with Crippen LogP contribution in [0.3, 0.4) is 0 Å². The summed E-state index contributed by atoms with van der Waals surface area (Å²) in [7, 11) is -3.15. The molecule has 0 spiro atoms. The average Bonchev–Trinajstić information content (AvgIpc) is 2.44. The van der Waals surface area contributed by atoms with E-state index in [2.05, 4.69) is 15.9 Å². The van der Waals surface area contributed by atoms with Gasteiger partial charge in [0.1, 0.15) is 0 Å². The van der Waals surface area contributed by atoms with E-state index in [1.807, 2.05) is 38.1 Å². The summed E-state index contributed by atoms with van der Waals surface area (Å²) in [6.07, 6.45) is 0. The normalized spacial score (nSPS) is 21.2. The Hall–Kier alpha value is 0.399. The van der Waals surface area contributed by atoms with E-state index >= 15 is 0 Å². The zero-order valence-electron chi connectivity index (χ0n) is 11.8. The molecule has 1 heterocycles. The summed E-state index contributed by atoms with van der Waals surface area (Å²) in [6, 6.07) is 8.04. The Morgan fingerprint density at radius 2 is 1.95 bits per heavy atom. The van der Waals surface area contributed by atoms with Crippen LogP contribution < -0.4 is 4.46 Å². The summed E-state index contributed by atoms with van der Waals surface area (Å²) in [6.45, 7) is 4.91. The predicted molar refractivity (Wildman–Crippen MR) is 91.6 cm³/mol. The van der Waals surface area contributed by atoms with Crippen LogP contribution in [0.15, 0.2) is 39.0 Å². The van der Waals surface area contributed by atoms with Crippen molar-refractivity contribution in [1.82, 2.24) is 0 Å². The molecule has 0 aliphatic carbocycles. The fourth-order valence-electron chi connectivity index (χ4n) is 1.60. The Bertz CT molecular complexity index is 560. The van der Waals surface area contributed by atoms with Crippen LogP contribution in [0.1, 0.15) is 13.8 Å². The van der Waals surface area contributed by atoms with Crippen molar-refractivity contribution in [1.29, 1.82) is 0 Å². The third-order valence-corrected chi connectivity index (χ3v) is 8.11. The zero-order valence-corrected chi connectivity index (χ0v) is 16.8. The predicted octanol–water partition coefficient (Wildman–Crippen LogP) is 4.12. The molecule has 1 aliphatic rings. The van der Waals surface area contributed by atoms with E-state index in [-0.39, 0.29) is 20.4 Å². The van der Waals surface area contributed by atoms with Crippen molar-refractivity contribution in [2.24, 2.45) is 5.41 Å². The summed E-state index contributed by atoms with van der Waals surface area (Å²) in [5.74, 6) is 1.94. The van der Waals surface area contributed by atoms with E-state index in [0.29, 0.717) is 19.1 Å². The molecule has 1 saturated heterocycles. The molecule has 0 radical (unpaired) electrons. The van der Waals surface area contributed by atoms with Crippen LogP contribution in [0.5, 0.6) is 0 Å². The van der Waals surface area contributed by atoms with Gasteiger partial charge in [0.25, 0.3) is 0 Å². The molecular weight excluding hydrogens is 441 g/mol. The van der Waals surface area contributed by atoms with E-state index in [9.17, 15) is 4.57 Å². The summed E-state index contributed by atoms with van der Waals surface area (Å²) >= 11 is 9.41. The average molecular weight is 459 g/mol. The molecule has 0 amide bonds. The van der Waals surface area contributed by atoms with Gasteiger partial charge in [0.05, 0.1) is 0 Å². The van der Waals surface area contributed by atoms with Gasteiger partial charge in [-0.2, -0.15) is 0 Å². The van der Waals surface area contributed by atoms with Gasteiger partial charge >= 0.3 is 146 Å². The summed E-state index contributed by atoms with van der Waals surface area (Å²) in [5.41, 5.74) is -0.0975. The Balaban J connectivity index is 2.09. The van der Waals surface area contributed by atoms with Crippen LogP contribution >= 0.6 is 35.1 Å². The van der Waals surface area contributed by atoms with Gasteiger partial charge in [-0.15, -0.1) is 0 Å². The second kappa shape index (κ2) is 7.31. The molecule has 1 fully saturated rings. The van der Waals surface area contributed by atoms with Crippen molar-refractivity contribution in [3.63, 3.8) is 0 Å². The second-order valence-electron chi connectivity index (χ2n) is 5.54. The van der Waals surface area contributed by atoms with Crippen LogP contribution in [0.25, 0.3) is 0 Å². The Morgan fingerprint density at radius 3 is 2.48 bits per heavy atom. The van der Waals surface area contributed by atoms with Crippen LogP contribution in [0.2, 0.25) is 0 Å². The molecule has 2 rings (SSSR count). The van der Waals surface area contributed by atoms with Crippen LogP contribution in [-0.4, -0.2) is 34.1 Å². The molecule has 3 nitrogen and oxygen atoms in total. The molecule has 7 heteroatoms. The van der Waals surface area contributed by atoms with Crippen LogP contribution in [-0.2, 0) is 13.6 Å². The van der Waals surface area contributed by atoms with Crippen molar-refractivity contribution in [3.05, 3.63) is 39.0 Å². The molecule has 21 heavy (non-hydrogen) atoms. The van der Waals surface area contributed by atoms with Crippen molar-refractivity contribution in [2.45, 2.75) is 13.8 Å². The minimum absolute atomic E-state index is 0.0134. The van der Waals surface area contributed by atoms with E-state index in [1.54, 1.807) is 5.82 Å². The first-order valence-electron chi connectivity index (χ1n) is 6.42. The Kier molecular flexibility index (Phi) is 6.18. The fraction of sp³-hybridized carbons (Fsp3) is 0.429. The number of hydrogen-bond donors (Lipinski definition) is 0. The number of hydrogen-bond acceptors (Lipinski definition) is 3. The third-order valence-electron chi connectivity index (χ3n) is 2.77. The second-order valence-corrected chi connectivity index (χ2v) is 11.1. The topological polar surface area (TPSA) is 35.5 Å². The SMILES string of the molecule is CC1(C)COP(=O)(/C=C(/CCl)[Se]c2ccc(Br)cc2)OC1. The maximum absolute atomic E-state index is 12.6. The maximum atomic E-state index is 12.6. The van der Waals surface area contributed by atoms with E-state index in [0.717, 1.165) is 8.94 Å². The number of halogens is 2. The van der Waals surface area contributed by atoms with Gasteiger partial charge in [0.15, 0.2) is 0 Å². The van der Waals surface area contributed by atoms with Gasteiger partial charge in [0.2, 0.25) is 0 Å². The number of rotatable bonds is 4. The van der Waals surface area contributed by atoms with E-state index in [4.69, 9.17) is 20.6 Å². The third kappa shape index (κ3) is 5.51. The minimum atomic E-state index is -3.15. The number of allylic oxidation sites excluding steroid dienone is 1. The molecule has 1 aromatic rings. The quantitative estimate of drug-likeness (QED) is 0.387. The Morgan fingerprint density at radius 1 is 1.38 bits per heavy atom. The molecule has 0 aromatic heterocycles. The molecule has 0 saturated carbocycles. The molecule has 1 aliphatic heterocycles. The fourth-order valence-corrected chi connectivity index (χ4v) is 6.58. The van der Waals surface area contributed by atoms with E-state index < -0.39 is 7.60 Å². The van der Waals surface area contributed by atoms with Gasteiger partial charge in [-0.05, 0) is 0 Å². The molecule has 0 bridgehead atoms. The van der Waals surface area contributed by atoms with Crippen LogP contribution in [0, 0.1) is 5.41 Å². The van der Waals surface area contributed by atoms with Crippen molar-refractivity contribution < 1.29 is 13.6 Å². The first-order chi connectivity index (χ1) is 9.82. The van der Waals surface area contributed by atoms with Crippen LogP contribution in [0.4, 0.5) is 0 Å². The summed E-state index contributed by atoms with van der Waals surface area (Å²) < 4.78 is 26.6. The summed E-state index contributed by atoms with van der Waals surface area (Å²) in [5, 5.41) is 0. The number of benzene rings is 1. The molecule has 0 N–H and O–H groups in total. The summed E-state index contributed by atoms with van der Waals surface area (Å²) in [4.78, 5) is 0. The standard InChI is InChI=1S/C14H17BrClO3PSe/c1-14(2)9-18-20(17,19-10-14)8-13(7-16)21-12-5-3-11(15)4-6-12/h3-6,8H,7,9-10H2,1-2H3/b13-8-. The van der Waals surface area contributed by atoms with Crippen molar-refractivity contribution in [3.8, 4) is 0 Å².